The second-order valence-electron chi connectivity index (χ2n) is 6.85. The van der Waals surface area contributed by atoms with Crippen LogP contribution in [0.3, 0.4) is 0 Å². The van der Waals surface area contributed by atoms with Crippen LogP contribution in [0.2, 0.25) is 5.02 Å². The Morgan fingerprint density at radius 1 is 1.00 bits per heavy atom. The van der Waals surface area contributed by atoms with Crippen molar-refractivity contribution in [1.29, 1.82) is 0 Å². The molecular weight excluding hydrogens is 432 g/mol. The Labute approximate surface area is 187 Å². The van der Waals surface area contributed by atoms with Gasteiger partial charge in [0.25, 0.3) is 11.5 Å². The van der Waals surface area contributed by atoms with Gasteiger partial charge in [-0.1, -0.05) is 48.0 Å². The first-order valence-corrected chi connectivity index (χ1v) is 10.0. The van der Waals surface area contributed by atoms with Gasteiger partial charge in [-0.2, -0.15) is 9.78 Å². The van der Waals surface area contributed by atoms with Crippen molar-refractivity contribution in [2.75, 3.05) is 5.32 Å². The van der Waals surface area contributed by atoms with Gasteiger partial charge >= 0.3 is 5.97 Å². The summed E-state index contributed by atoms with van der Waals surface area (Å²) in [7, 11) is 0. The van der Waals surface area contributed by atoms with E-state index in [1.165, 1.54) is 19.2 Å². The number of esters is 1. The average Bonchev–Trinajstić information content (AvgIpc) is 2.81. The van der Waals surface area contributed by atoms with Gasteiger partial charge < -0.3 is 10.1 Å². The Morgan fingerprint density at radius 2 is 1.69 bits per heavy atom. The van der Waals surface area contributed by atoms with E-state index < -0.39 is 18.0 Å². The van der Waals surface area contributed by atoms with Gasteiger partial charge in [-0.05, 0) is 37.3 Å². The number of benzene rings is 2. The zero-order valence-corrected chi connectivity index (χ0v) is 17.6. The Hall–Kier alpha value is -4.04. The SMILES string of the molecule is C[C@H](OC(=O)c1nn(-c2ccccc2)c(=O)c2ccccc12)C(=O)Nc1ccc(Cl)cn1. The van der Waals surface area contributed by atoms with E-state index in [0.29, 0.717) is 21.5 Å². The van der Waals surface area contributed by atoms with E-state index in [2.05, 4.69) is 15.4 Å². The molecule has 0 spiro atoms. The van der Waals surface area contributed by atoms with E-state index in [-0.39, 0.29) is 17.1 Å². The number of aromatic nitrogens is 3. The number of pyridine rings is 1. The van der Waals surface area contributed by atoms with Crippen molar-refractivity contribution < 1.29 is 14.3 Å². The number of carbonyl (C=O) groups is 2. The molecule has 0 unspecified atom stereocenters. The Kier molecular flexibility index (Phi) is 5.96. The highest BCUT2D eigenvalue weighted by molar-refractivity contribution is 6.30. The highest BCUT2D eigenvalue weighted by atomic mass is 35.5. The second kappa shape index (κ2) is 8.99. The summed E-state index contributed by atoms with van der Waals surface area (Å²) in [5, 5.41) is 7.86. The van der Waals surface area contributed by atoms with Gasteiger partial charge in [-0.25, -0.2) is 9.78 Å². The Bertz CT molecular complexity index is 1350. The summed E-state index contributed by atoms with van der Waals surface area (Å²) in [6.07, 6.45) is 0.245. The normalized spacial score (nSPS) is 11.7. The largest absolute Gasteiger partial charge is 0.448 e. The molecule has 0 aliphatic rings. The Balaban J connectivity index is 1.64. The summed E-state index contributed by atoms with van der Waals surface area (Å²) < 4.78 is 6.49. The molecule has 4 aromatic rings. The quantitative estimate of drug-likeness (QED) is 0.468. The summed E-state index contributed by atoms with van der Waals surface area (Å²) in [4.78, 5) is 42.3. The average molecular weight is 449 g/mol. The van der Waals surface area contributed by atoms with Crippen molar-refractivity contribution in [2.45, 2.75) is 13.0 Å². The fraction of sp³-hybridized carbons (Fsp3) is 0.0870. The van der Waals surface area contributed by atoms with Crippen molar-refractivity contribution in [3.05, 3.63) is 94.0 Å². The molecule has 8 nitrogen and oxygen atoms in total. The summed E-state index contributed by atoms with van der Waals surface area (Å²) in [5.74, 6) is -1.14. The lowest BCUT2D eigenvalue weighted by Gasteiger charge is -2.15. The zero-order valence-electron chi connectivity index (χ0n) is 16.9. The molecule has 0 aliphatic carbocycles. The smallest absolute Gasteiger partial charge is 0.360 e. The number of hydrogen-bond acceptors (Lipinski definition) is 6. The topological polar surface area (TPSA) is 103 Å². The van der Waals surface area contributed by atoms with Crippen LogP contribution in [0, 0.1) is 0 Å². The number of amides is 1. The fourth-order valence-electron chi connectivity index (χ4n) is 3.03. The molecule has 2 aromatic heterocycles. The van der Waals surface area contributed by atoms with Gasteiger partial charge in [0.1, 0.15) is 5.82 Å². The summed E-state index contributed by atoms with van der Waals surface area (Å²) in [5.41, 5.74) is 0.0492. The third-order valence-electron chi connectivity index (χ3n) is 4.63. The minimum absolute atomic E-state index is 0.0756. The molecule has 0 aliphatic heterocycles. The molecule has 2 aromatic carbocycles. The molecule has 0 radical (unpaired) electrons. The van der Waals surface area contributed by atoms with Gasteiger partial charge in [0.2, 0.25) is 0 Å². The molecule has 2 heterocycles. The van der Waals surface area contributed by atoms with Crippen LogP contribution in [0.25, 0.3) is 16.5 Å². The van der Waals surface area contributed by atoms with Crippen molar-refractivity contribution in [1.82, 2.24) is 14.8 Å². The maximum atomic E-state index is 13.0. The van der Waals surface area contributed by atoms with E-state index in [0.717, 1.165) is 4.68 Å². The second-order valence-corrected chi connectivity index (χ2v) is 7.28. The van der Waals surface area contributed by atoms with E-state index in [9.17, 15) is 14.4 Å². The first-order chi connectivity index (χ1) is 15.4. The lowest BCUT2D eigenvalue weighted by molar-refractivity contribution is -0.123. The maximum absolute atomic E-state index is 13.0. The Morgan fingerprint density at radius 3 is 2.38 bits per heavy atom. The number of anilines is 1. The number of nitrogens with one attached hydrogen (secondary N) is 1. The van der Waals surface area contributed by atoms with Crippen LogP contribution in [-0.2, 0) is 9.53 Å². The lowest BCUT2D eigenvalue weighted by Crippen LogP contribution is -2.32. The fourth-order valence-corrected chi connectivity index (χ4v) is 3.14. The number of para-hydroxylation sites is 1. The molecule has 1 atom stereocenters. The molecule has 4 rings (SSSR count). The van der Waals surface area contributed by atoms with Gasteiger partial charge in [0.05, 0.1) is 16.1 Å². The minimum Gasteiger partial charge on any atom is -0.448 e. The zero-order chi connectivity index (χ0) is 22.7. The lowest BCUT2D eigenvalue weighted by atomic mass is 10.1. The number of hydrogen-bond donors (Lipinski definition) is 1. The molecule has 0 fully saturated rings. The van der Waals surface area contributed by atoms with E-state index in [1.54, 1.807) is 60.7 Å². The van der Waals surface area contributed by atoms with Gasteiger partial charge in [-0.15, -0.1) is 0 Å². The third kappa shape index (κ3) is 4.35. The molecule has 9 heteroatoms. The molecule has 0 bridgehead atoms. The minimum atomic E-state index is -1.14. The van der Waals surface area contributed by atoms with E-state index >= 15 is 0 Å². The van der Waals surface area contributed by atoms with Crippen molar-refractivity contribution >= 4 is 40.1 Å². The number of fused-ring (bicyclic) bond motifs is 1. The van der Waals surface area contributed by atoms with Crippen LogP contribution >= 0.6 is 11.6 Å². The molecule has 1 N–H and O–H groups in total. The van der Waals surface area contributed by atoms with Gasteiger partial charge in [-0.3, -0.25) is 9.59 Å². The first-order valence-electron chi connectivity index (χ1n) is 9.65. The predicted molar refractivity (Wildman–Crippen MR) is 120 cm³/mol. The number of rotatable bonds is 5. The molecule has 32 heavy (non-hydrogen) atoms. The maximum Gasteiger partial charge on any atom is 0.360 e. The summed E-state index contributed by atoms with van der Waals surface area (Å²) >= 11 is 5.79. The van der Waals surface area contributed by atoms with Crippen LogP contribution < -0.4 is 10.9 Å². The van der Waals surface area contributed by atoms with Crippen molar-refractivity contribution in [3.63, 3.8) is 0 Å². The highest BCUT2D eigenvalue weighted by Crippen LogP contribution is 2.17. The third-order valence-corrected chi connectivity index (χ3v) is 4.85. The number of nitrogens with zero attached hydrogens (tertiary/aromatic N) is 3. The highest BCUT2D eigenvalue weighted by Gasteiger charge is 2.24. The van der Waals surface area contributed by atoms with E-state index in [4.69, 9.17) is 16.3 Å². The monoisotopic (exact) mass is 448 g/mol. The van der Waals surface area contributed by atoms with Crippen LogP contribution in [0.15, 0.2) is 77.7 Å². The molecule has 0 saturated carbocycles. The van der Waals surface area contributed by atoms with Crippen LogP contribution in [0.1, 0.15) is 17.4 Å². The predicted octanol–water partition coefficient (Wildman–Crippen LogP) is 3.62. The number of carbonyl (C=O) groups excluding carboxylic acids is 2. The first kappa shape index (κ1) is 21.2. The van der Waals surface area contributed by atoms with Crippen LogP contribution in [0.5, 0.6) is 0 Å². The summed E-state index contributed by atoms with van der Waals surface area (Å²) in [6.45, 7) is 1.43. The number of halogens is 1. The molecule has 160 valence electrons. The molecule has 1 amide bonds. The van der Waals surface area contributed by atoms with Gasteiger partial charge in [0.15, 0.2) is 11.8 Å². The summed E-state index contributed by atoms with van der Waals surface area (Å²) in [6, 6.07) is 18.4. The standard InChI is InChI=1S/C23H17ClN4O4/c1-14(21(29)26-19-12-11-15(24)13-25-19)32-23(31)20-17-9-5-6-10-18(17)22(30)28(27-20)16-7-3-2-4-8-16/h2-14H,1H3,(H,25,26,29)/t14-/m0/s1. The molecular formula is C23H17ClN4O4. The van der Waals surface area contributed by atoms with Crippen LogP contribution in [0.4, 0.5) is 5.82 Å². The molecule has 0 saturated heterocycles. The van der Waals surface area contributed by atoms with E-state index in [1.807, 2.05) is 0 Å². The van der Waals surface area contributed by atoms with Gasteiger partial charge in [0, 0.05) is 11.6 Å². The number of ether oxygens (including phenoxy) is 1. The van der Waals surface area contributed by atoms with Crippen LogP contribution in [-0.4, -0.2) is 32.7 Å². The van der Waals surface area contributed by atoms with Crippen molar-refractivity contribution in [2.24, 2.45) is 0 Å². The van der Waals surface area contributed by atoms with Crippen molar-refractivity contribution in [3.8, 4) is 5.69 Å².